The second kappa shape index (κ2) is 62.0. The van der Waals surface area contributed by atoms with Crippen LogP contribution in [0.4, 0.5) is 0 Å². The predicted molar refractivity (Wildman–Crippen MR) is 63.2 cm³/mol. The summed E-state index contributed by atoms with van der Waals surface area (Å²) in [6.07, 6.45) is 3.65. The van der Waals surface area contributed by atoms with Crippen molar-refractivity contribution in [3.8, 4) is 0 Å². The minimum Gasteiger partial charge on any atom is -0.397 e. The molecule has 0 aromatic rings. The van der Waals surface area contributed by atoms with Gasteiger partial charge in [0.15, 0.2) is 0 Å². The molecule has 0 aliphatic heterocycles. The molecule has 0 amide bonds. The van der Waals surface area contributed by atoms with Gasteiger partial charge in [-0.3, -0.25) is 0 Å². The number of aliphatic hydroxyl groups is 3. The fourth-order valence-electron chi connectivity index (χ4n) is 0.250. The van der Waals surface area contributed by atoms with Gasteiger partial charge in [-0.05, 0) is 20.8 Å². The number of aliphatic hydroxyl groups excluding tert-OH is 3. The van der Waals surface area contributed by atoms with Crippen molar-refractivity contribution in [1.82, 2.24) is 0 Å². The van der Waals surface area contributed by atoms with E-state index in [1.54, 1.807) is 20.8 Å². The van der Waals surface area contributed by atoms with Crippen LogP contribution in [0.15, 0.2) is 0 Å². The average Bonchev–Trinajstić information content (AvgIpc) is 2.09. The Balaban J connectivity index is -0.0000000300. The van der Waals surface area contributed by atoms with Crippen molar-refractivity contribution in [3.05, 3.63) is 6.92 Å². The van der Waals surface area contributed by atoms with Crippen LogP contribution in [0, 0.1) is 6.92 Å². The molecule has 15 heavy (non-hydrogen) atoms. The minimum atomic E-state index is 0. The molecule has 0 atom stereocenters. The molecular formula is C11H29O3Ti-. The van der Waals surface area contributed by atoms with Crippen LogP contribution in [0.5, 0.6) is 0 Å². The molecule has 0 aliphatic rings. The summed E-state index contributed by atoms with van der Waals surface area (Å²) in [5.74, 6) is 0. The Morgan fingerprint density at radius 3 is 1.00 bits per heavy atom. The SMILES string of the molecule is CCO.CCO.CCO.[CH2-]CCCC.[Ti]. The van der Waals surface area contributed by atoms with Crippen LogP contribution in [0.1, 0.15) is 47.0 Å². The van der Waals surface area contributed by atoms with E-state index in [2.05, 4.69) is 13.8 Å². The predicted octanol–water partition coefficient (Wildman–Crippen LogP) is 2.00. The molecule has 0 spiro atoms. The number of unbranched alkanes of at least 4 members (excludes halogenated alkanes) is 2. The van der Waals surface area contributed by atoms with Gasteiger partial charge in [-0.25, -0.2) is 0 Å². The maximum atomic E-state index is 7.57. The Kier molecular flexibility index (Phi) is 122. The molecule has 3 N–H and O–H groups in total. The first-order chi connectivity index (χ1) is 6.66. The summed E-state index contributed by atoms with van der Waals surface area (Å²) in [5.41, 5.74) is 0. The van der Waals surface area contributed by atoms with Crippen LogP contribution in [-0.2, 0) is 21.7 Å². The van der Waals surface area contributed by atoms with Crippen LogP contribution >= 0.6 is 0 Å². The molecule has 0 heterocycles. The Bertz CT molecular complexity index is 40.1. The molecule has 96 valence electrons. The molecule has 0 unspecified atom stereocenters. The molecule has 0 aromatic carbocycles. The van der Waals surface area contributed by atoms with Gasteiger partial charge in [0, 0.05) is 41.5 Å². The average molecular weight is 257 g/mol. The van der Waals surface area contributed by atoms with E-state index in [1.807, 2.05) is 0 Å². The Morgan fingerprint density at radius 1 is 0.800 bits per heavy atom. The van der Waals surface area contributed by atoms with Crippen molar-refractivity contribution < 1.29 is 37.0 Å². The molecule has 0 rings (SSSR count). The second-order valence-electron chi connectivity index (χ2n) is 2.16. The molecule has 0 radical (unpaired) electrons. The van der Waals surface area contributed by atoms with Crippen LogP contribution in [0.2, 0.25) is 0 Å². The maximum absolute atomic E-state index is 7.57. The summed E-state index contributed by atoms with van der Waals surface area (Å²) >= 11 is 0. The van der Waals surface area contributed by atoms with E-state index in [4.69, 9.17) is 15.3 Å². The third-order valence-corrected chi connectivity index (χ3v) is 0.604. The molecule has 0 aromatic heterocycles. The van der Waals surface area contributed by atoms with Gasteiger partial charge in [-0.1, -0.05) is 19.8 Å². The smallest absolute Gasteiger partial charge is 0.0402 e. The third-order valence-electron chi connectivity index (χ3n) is 0.604. The van der Waals surface area contributed by atoms with Gasteiger partial charge >= 0.3 is 0 Å². The molecule has 0 bridgehead atoms. The van der Waals surface area contributed by atoms with E-state index in [-0.39, 0.29) is 41.5 Å². The summed E-state index contributed by atoms with van der Waals surface area (Å²) in [6.45, 7) is 11.6. The third kappa shape index (κ3) is 344. The topological polar surface area (TPSA) is 60.7 Å². The van der Waals surface area contributed by atoms with Gasteiger partial charge in [-0.2, -0.15) is 6.42 Å². The molecule has 4 heteroatoms. The zero-order valence-corrected chi connectivity index (χ0v) is 12.4. The number of hydrogen-bond acceptors (Lipinski definition) is 3. The zero-order valence-electron chi connectivity index (χ0n) is 10.8. The number of hydrogen-bond donors (Lipinski definition) is 3. The van der Waals surface area contributed by atoms with E-state index in [1.165, 1.54) is 12.8 Å². The van der Waals surface area contributed by atoms with Crippen molar-refractivity contribution in [2.75, 3.05) is 19.8 Å². The Hall–Kier alpha value is 0.594. The minimum absolute atomic E-state index is 0. The second-order valence-corrected chi connectivity index (χ2v) is 2.16. The van der Waals surface area contributed by atoms with E-state index in [0.29, 0.717) is 0 Å². The van der Waals surface area contributed by atoms with E-state index in [0.717, 1.165) is 6.42 Å². The summed E-state index contributed by atoms with van der Waals surface area (Å²) < 4.78 is 0. The van der Waals surface area contributed by atoms with Gasteiger partial charge < -0.3 is 22.2 Å². The quantitative estimate of drug-likeness (QED) is 0.524. The molecule has 0 aliphatic carbocycles. The van der Waals surface area contributed by atoms with Gasteiger partial charge in [0.05, 0.1) is 0 Å². The molecule has 0 saturated heterocycles. The zero-order chi connectivity index (χ0) is 12.2. The first kappa shape index (κ1) is 29.6. The van der Waals surface area contributed by atoms with Gasteiger partial charge in [0.2, 0.25) is 0 Å². The van der Waals surface area contributed by atoms with Crippen molar-refractivity contribution >= 4 is 0 Å². The van der Waals surface area contributed by atoms with Crippen LogP contribution in [-0.4, -0.2) is 35.1 Å². The van der Waals surface area contributed by atoms with Crippen molar-refractivity contribution in [2.45, 2.75) is 47.0 Å². The largest absolute Gasteiger partial charge is 0.397 e. The first-order valence-electron chi connectivity index (χ1n) is 5.28. The standard InChI is InChI=1S/C5H11.3C2H6O.Ti/c1-3-5-4-2;3*1-2-3;/h1,3-5H2,2H3;3*3H,2H2,1H3;/q-1;;;;. The summed E-state index contributed by atoms with van der Waals surface area (Å²) in [4.78, 5) is 0. The molecular weight excluding hydrogens is 228 g/mol. The van der Waals surface area contributed by atoms with E-state index in [9.17, 15) is 0 Å². The van der Waals surface area contributed by atoms with Crippen molar-refractivity contribution in [1.29, 1.82) is 0 Å². The number of rotatable bonds is 2. The van der Waals surface area contributed by atoms with Crippen molar-refractivity contribution in [3.63, 3.8) is 0 Å². The van der Waals surface area contributed by atoms with E-state index < -0.39 is 0 Å². The molecule has 0 fully saturated rings. The summed E-state index contributed by atoms with van der Waals surface area (Å²) in [7, 11) is 0. The molecule has 3 nitrogen and oxygen atoms in total. The van der Waals surface area contributed by atoms with Crippen LogP contribution in [0.3, 0.4) is 0 Å². The normalized spacial score (nSPS) is 6.40. The van der Waals surface area contributed by atoms with Crippen LogP contribution in [0.25, 0.3) is 0 Å². The fourth-order valence-corrected chi connectivity index (χ4v) is 0.250. The Labute approximate surface area is 111 Å². The van der Waals surface area contributed by atoms with Crippen LogP contribution < -0.4 is 0 Å². The van der Waals surface area contributed by atoms with Crippen molar-refractivity contribution in [2.24, 2.45) is 0 Å². The van der Waals surface area contributed by atoms with Gasteiger partial charge in [0.1, 0.15) is 0 Å². The first-order valence-corrected chi connectivity index (χ1v) is 5.28. The van der Waals surface area contributed by atoms with Gasteiger partial charge in [0.25, 0.3) is 0 Å². The summed E-state index contributed by atoms with van der Waals surface area (Å²) in [6, 6.07) is 0. The summed E-state index contributed by atoms with van der Waals surface area (Å²) in [5, 5.41) is 22.7. The van der Waals surface area contributed by atoms with Gasteiger partial charge in [-0.15, -0.1) is 0 Å². The van der Waals surface area contributed by atoms with E-state index >= 15 is 0 Å². The monoisotopic (exact) mass is 257 g/mol. The molecule has 0 saturated carbocycles. The Morgan fingerprint density at radius 2 is 1.00 bits per heavy atom. The fraction of sp³-hybridized carbons (Fsp3) is 0.909. The maximum Gasteiger partial charge on any atom is 0.0402 e.